The van der Waals surface area contributed by atoms with E-state index in [0.29, 0.717) is 17.7 Å². The lowest BCUT2D eigenvalue weighted by Gasteiger charge is -2.61. The van der Waals surface area contributed by atoms with Gasteiger partial charge >= 0.3 is 0 Å². The molecule has 0 atom stereocenters. The first-order valence-corrected chi connectivity index (χ1v) is 8.58. The second-order valence-corrected chi connectivity index (χ2v) is 7.64. The van der Waals surface area contributed by atoms with Gasteiger partial charge in [-0.15, -0.1) is 0 Å². The van der Waals surface area contributed by atoms with Gasteiger partial charge in [0.15, 0.2) is 0 Å². The van der Waals surface area contributed by atoms with Crippen molar-refractivity contribution >= 4 is 5.84 Å². The standard InChI is InChI=1S/C19H26N2/c1-2-12-4-3-5-15(7-12)19(18(20)21)16-8-13-6-14(10-16)11-17(19)9-13/h3-5,7,13-14,16-17H,2,6,8-11H2,1H3,(H3,20,21). The van der Waals surface area contributed by atoms with Crippen molar-refractivity contribution in [3.63, 3.8) is 0 Å². The van der Waals surface area contributed by atoms with Crippen LogP contribution in [0.25, 0.3) is 0 Å². The minimum atomic E-state index is -0.154. The molecule has 0 aliphatic heterocycles. The average Bonchev–Trinajstić information content (AvgIpc) is 2.46. The summed E-state index contributed by atoms with van der Waals surface area (Å²) in [6, 6.07) is 8.95. The van der Waals surface area contributed by atoms with Crippen LogP contribution in [0.1, 0.15) is 50.2 Å². The Balaban J connectivity index is 1.85. The fraction of sp³-hybridized carbons (Fsp3) is 0.632. The summed E-state index contributed by atoms with van der Waals surface area (Å²) in [6.45, 7) is 2.20. The van der Waals surface area contributed by atoms with E-state index < -0.39 is 0 Å². The first-order valence-electron chi connectivity index (χ1n) is 8.58. The van der Waals surface area contributed by atoms with Crippen molar-refractivity contribution in [2.24, 2.45) is 29.4 Å². The van der Waals surface area contributed by atoms with Crippen LogP contribution in [-0.2, 0) is 11.8 Å². The topological polar surface area (TPSA) is 49.9 Å². The number of aryl methyl sites for hydroxylation is 1. The molecule has 112 valence electrons. The van der Waals surface area contributed by atoms with Crippen molar-refractivity contribution in [3.05, 3.63) is 35.4 Å². The van der Waals surface area contributed by atoms with Gasteiger partial charge in [-0.05, 0) is 73.3 Å². The fourth-order valence-corrected chi connectivity index (χ4v) is 6.04. The number of hydrogen-bond donors (Lipinski definition) is 2. The number of nitrogens with one attached hydrogen (secondary N) is 1. The van der Waals surface area contributed by atoms with Gasteiger partial charge in [-0.2, -0.15) is 0 Å². The van der Waals surface area contributed by atoms with Gasteiger partial charge in [0.2, 0.25) is 0 Å². The minimum absolute atomic E-state index is 0.154. The molecule has 0 amide bonds. The largest absolute Gasteiger partial charge is 0.387 e. The highest BCUT2D eigenvalue weighted by molar-refractivity contribution is 5.90. The first kappa shape index (κ1) is 13.4. The van der Waals surface area contributed by atoms with Gasteiger partial charge in [-0.3, -0.25) is 5.41 Å². The maximum absolute atomic E-state index is 8.46. The second-order valence-electron chi connectivity index (χ2n) is 7.64. The summed E-state index contributed by atoms with van der Waals surface area (Å²) >= 11 is 0. The highest BCUT2D eigenvalue weighted by atomic mass is 14.8. The van der Waals surface area contributed by atoms with Gasteiger partial charge < -0.3 is 5.73 Å². The van der Waals surface area contributed by atoms with Crippen LogP contribution in [-0.4, -0.2) is 5.84 Å². The lowest BCUT2D eigenvalue weighted by molar-refractivity contribution is -0.0300. The van der Waals surface area contributed by atoms with Gasteiger partial charge in [0.25, 0.3) is 0 Å². The SMILES string of the molecule is CCc1cccc(C2(C(=N)N)C3CC4CC(C3)CC2C4)c1. The van der Waals surface area contributed by atoms with Crippen LogP contribution in [0.5, 0.6) is 0 Å². The third-order valence-electron chi connectivity index (χ3n) is 6.68. The minimum Gasteiger partial charge on any atom is -0.387 e. The van der Waals surface area contributed by atoms with E-state index in [2.05, 4.69) is 31.2 Å². The lowest BCUT2D eigenvalue weighted by Crippen LogP contribution is -2.61. The van der Waals surface area contributed by atoms with Crippen LogP contribution < -0.4 is 5.73 Å². The second kappa shape index (κ2) is 4.59. The van der Waals surface area contributed by atoms with Crippen molar-refractivity contribution in [2.45, 2.75) is 50.9 Å². The molecule has 21 heavy (non-hydrogen) atoms. The zero-order valence-electron chi connectivity index (χ0n) is 12.9. The van der Waals surface area contributed by atoms with Gasteiger partial charge in [-0.1, -0.05) is 31.2 Å². The molecular weight excluding hydrogens is 256 g/mol. The smallest absolute Gasteiger partial charge is 0.102 e. The maximum Gasteiger partial charge on any atom is 0.102 e. The van der Waals surface area contributed by atoms with Crippen LogP contribution in [0, 0.1) is 29.1 Å². The van der Waals surface area contributed by atoms with Crippen molar-refractivity contribution < 1.29 is 0 Å². The lowest BCUT2D eigenvalue weighted by atomic mass is 9.43. The van der Waals surface area contributed by atoms with E-state index in [4.69, 9.17) is 11.1 Å². The Morgan fingerprint density at radius 3 is 2.29 bits per heavy atom. The molecule has 4 aliphatic carbocycles. The summed E-state index contributed by atoms with van der Waals surface area (Å²) in [5.74, 6) is 3.48. The van der Waals surface area contributed by atoms with Gasteiger partial charge in [0.05, 0.1) is 5.41 Å². The van der Waals surface area contributed by atoms with Crippen molar-refractivity contribution in [1.82, 2.24) is 0 Å². The molecule has 5 rings (SSSR count). The molecule has 0 radical (unpaired) electrons. The van der Waals surface area contributed by atoms with E-state index in [-0.39, 0.29) is 5.41 Å². The first-order chi connectivity index (χ1) is 10.1. The molecule has 4 aliphatic rings. The molecular formula is C19H26N2. The summed E-state index contributed by atoms with van der Waals surface area (Å²) < 4.78 is 0. The summed E-state index contributed by atoms with van der Waals surface area (Å²) in [4.78, 5) is 0. The van der Waals surface area contributed by atoms with Crippen LogP contribution in [0.4, 0.5) is 0 Å². The molecule has 2 heteroatoms. The number of benzene rings is 1. The van der Waals surface area contributed by atoms with Crippen molar-refractivity contribution in [3.8, 4) is 0 Å². The molecule has 0 spiro atoms. The molecule has 4 saturated carbocycles. The Hall–Kier alpha value is -1.31. The van der Waals surface area contributed by atoms with E-state index >= 15 is 0 Å². The molecule has 1 aromatic rings. The van der Waals surface area contributed by atoms with Crippen molar-refractivity contribution in [1.29, 1.82) is 5.41 Å². The monoisotopic (exact) mass is 282 g/mol. The third-order valence-corrected chi connectivity index (χ3v) is 6.68. The molecule has 2 nitrogen and oxygen atoms in total. The van der Waals surface area contributed by atoms with E-state index in [1.807, 2.05) is 0 Å². The Labute approximate surface area is 127 Å². The Morgan fingerprint density at radius 1 is 1.14 bits per heavy atom. The van der Waals surface area contributed by atoms with Crippen molar-refractivity contribution in [2.75, 3.05) is 0 Å². The summed E-state index contributed by atoms with van der Waals surface area (Å²) in [6.07, 6.45) is 7.68. The van der Waals surface area contributed by atoms with E-state index in [0.717, 1.165) is 18.3 Å². The molecule has 4 bridgehead atoms. The van der Waals surface area contributed by atoms with Crippen LogP contribution >= 0.6 is 0 Å². The van der Waals surface area contributed by atoms with Gasteiger partial charge in [0, 0.05) is 0 Å². The zero-order valence-corrected chi connectivity index (χ0v) is 12.9. The number of nitrogens with two attached hydrogens (primary N) is 1. The molecule has 0 aromatic heterocycles. The average molecular weight is 282 g/mol. The normalized spacial score (nSPS) is 40.4. The number of rotatable bonds is 3. The molecule has 0 unspecified atom stereocenters. The Bertz CT molecular complexity index is 547. The predicted molar refractivity (Wildman–Crippen MR) is 86.5 cm³/mol. The fourth-order valence-electron chi connectivity index (χ4n) is 6.04. The predicted octanol–water partition coefficient (Wildman–Crippen LogP) is 3.88. The molecule has 3 N–H and O–H groups in total. The quantitative estimate of drug-likeness (QED) is 0.641. The third kappa shape index (κ3) is 1.74. The van der Waals surface area contributed by atoms with E-state index in [1.54, 1.807) is 0 Å². The van der Waals surface area contributed by atoms with Crippen LogP contribution in [0.15, 0.2) is 24.3 Å². The molecule has 0 saturated heterocycles. The summed E-state index contributed by atoms with van der Waals surface area (Å²) in [5, 5.41) is 8.46. The zero-order chi connectivity index (χ0) is 14.6. The van der Waals surface area contributed by atoms with Crippen LogP contribution in [0.3, 0.4) is 0 Å². The van der Waals surface area contributed by atoms with Gasteiger partial charge in [-0.25, -0.2) is 0 Å². The summed E-state index contributed by atoms with van der Waals surface area (Å²) in [7, 11) is 0. The number of amidine groups is 1. The Kier molecular flexibility index (Phi) is 2.92. The summed E-state index contributed by atoms with van der Waals surface area (Å²) in [5.41, 5.74) is 8.82. The highest BCUT2D eigenvalue weighted by Gasteiger charge is 2.59. The molecule has 0 heterocycles. The Morgan fingerprint density at radius 2 is 1.76 bits per heavy atom. The van der Waals surface area contributed by atoms with Crippen LogP contribution in [0.2, 0.25) is 0 Å². The van der Waals surface area contributed by atoms with E-state index in [9.17, 15) is 0 Å². The van der Waals surface area contributed by atoms with E-state index in [1.165, 1.54) is 43.2 Å². The molecule has 1 aromatic carbocycles. The number of hydrogen-bond acceptors (Lipinski definition) is 1. The molecule has 4 fully saturated rings. The maximum atomic E-state index is 8.46. The highest BCUT2D eigenvalue weighted by Crippen LogP contribution is 2.62. The van der Waals surface area contributed by atoms with Gasteiger partial charge in [0.1, 0.15) is 5.84 Å².